The second kappa shape index (κ2) is 7.01. The molecule has 0 saturated carbocycles. The maximum absolute atomic E-state index is 12.2. The van der Waals surface area contributed by atoms with E-state index in [0.29, 0.717) is 16.9 Å². The van der Waals surface area contributed by atoms with Crippen molar-refractivity contribution >= 4 is 15.9 Å². The topological polar surface area (TPSA) is 21.3 Å². The van der Waals surface area contributed by atoms with Gasteiger partial charge in [0.2, 0.25) is 0 Å². The first-order chi connectivity index (χ1) is 9.51. The molecule has 0 amide bonds. The van der Waals surface area contributed by atoms with Crippen LogP contribution in [-0.2, 0) is 6.54 Å². The molecule has 120 valence electrons. The highest BCUT2D eigenvalue weighted by Gasteiger charge is 2.31. The lowest BCUT2D eigenvalue weighted by molar-refractivity contribution is -0.274. The molecule has 6 heteroatoms. The third kappa shape index (κ3) is 6.26. The largest absolute Gasteiger partial charge is 0.573 e. The van der Waals surface area contributed by atoms with E-state index in [0.717, 1.165) is 12.1 Å². The van der Waals surface area contributed by atoms with Crippen LogP contribution in [0.25, 0.3) is 0 Å². The Morgan fingerprint density at radius 3 is 2.33 bits per heavy atom. The molecule has 0 aliphatic carbocycles. The van der Waals surface area contributed by atoms with Crippen molar-refractivity contribution in [3.05, 3.63) is 28.2 Å². The van der Waals surface area contributed by atoms with Crippen LogP contribution < -0.4 is 10.1 Å². The lowest BCUT2D eigenvalue weighted by atomic mass is 9.81. The van der Waals surface area contributed by atoms with E-state index in [1.165, 1.54) is 6.07 Å². The van der Waals surface area contributed by atoms with Gasteiger partial charge in [0.1, 0.15) is 5.75 Å². The van der Waals surface area contributed by atoms with Crippen LogP contribution in [0.1, 0.15) is 33.3 Å². The summed E-state index contributed by atoms with van der Waals surface area (Å²) in [5, 5.41) is 3.33. The highest BCUT2D eigenvalue weighted by atomic mass is 79.9. The normalized spacial score (nSPS) is 12.8. The van der Waals surface area contributed by atoms with Crippen molar-refractivity contribution in [3.8, 4) is 5.75 Å². The summed E-state index contributed by atoms with van der Waals surface area (Å²) in [6, 6.07) is 4.58. The zero-order valence-electron chi connectivity index (χ0n) is 12.6. The molecule has 1 rings (SSSR count). The van der Waals surface area contributed by atoms with Crippen LogP contribution >= 0.6 is 15.9 Å². The summed E-state index contributed by atoms with van der Waals surface area (Å²) in [4.78, 5) is 0. The Hall–Kier alpha value is -0.750. The van der Waals surface area contributed by atoms with Crippen LogP contribution in [0, 0.1) is 11.3 Å². The minimum absolute atomic E-state index is 0.163. The molecule has 2 nitrogen and oxygen atoms in total. The number of alkyl halides is 3. The predicted octanol–water partition coefficient (Wildman–Crippen LogP) is 5.12. The Kier molecular flexibility index (Phi) is 6.11. The zero-order chi connectivity index (χ0) is 16.3. The summed E-state index contributed by atoms with van der Waals surface area (Å²) in [7, 11) is 0. The lowest BCUT2D eigenvalue weighted by Gasteiger charge is -2.29. The molecular weight excluding hydrogens is 347 g/mol. The second-order valence-electron chi connectivity index (χ2n) is 6.06. The van der Waals surface area contributed by atoms with Crippen molar-refractivity contribution in [1.82, 2.24) is 5.32 Å². The molecule has 0 heterocycles. The summed E-state index contributed by atoms with van der Waals surface area (Å²) in [6.07, 6.45) is -4.68. The van der Waals surface area contributed by atoms with Gasteiger partial charge in [0.05, 0.1) is 4.47 Å². The van der Waals surface area contributed by atoms with Gasteiger partial charge in [0.15, 0.2) is 0 Å². The molecule has 1 N–H and O–H groups in total. The van der Waals surface area contributed by atoms with Gasteiger partial charge in [-0.05, 0) is 45.0 Å². The van der Waals surface area contributed by atoms with Crippen LogP contribution in [0.4, 0.5) is 13.2 Å². The molecule has 0 aromatic heterocycles. The maximum Gasteiger partial charge on any atom is 0.573 e. The van der Waals surface area contributed by atoms with Crippen LogP contribution in [0.5, 0.6) is 5.75 Å². The maximum atomic E-state index is 12.2. The number of benzene rings is 1. The molecule has 0 bridgehead atoms. The summed E-state index contributed by atoms with van der Waals surface area (Å²) in [5.74, 6) is 0.313. The van der Waals surface area contributed by atoms with Gasteiger partial charge in [-0.25, -0.2) is 0 Å². The predicted molar refractivity (Wildman–Crippen MR) is 81.2 cm³/mol. The Labute approximate surface area is 132 Å². The van der Waals surface area contributed by atoms with Crippen molar-refractivity contribution in [2.75, 3.05) is 6.54 Å². The summed E-state index contributed by atoms with van der Waals surface area (Å²) < 4.78 is 40.7. The van der Waals surface area contributed by atoms with Gasteiger partial charge in [0, 0.05) is 13.1 Å². The Morgan fingerprint density at radius 2 is 1.86 bits per heavy atom. The smallest absolute Gasteiger partial charge is 0.405 e. The van der Waals surface area contributed by atoms with Crippen LogP contribution in [0.2, 0.25) is 0 Å². The van der Waals surface area contributed by atoms with E-state index in [2.05, 4.69) is 53.7 Å². The first kappa shape index (κ1) is 18.3. The van der Waals surface area contributed by atoms with Crippen molar-refractivity contribution in [2.45, 2.75) is 40.6 Å². The fourth-order valence-electron chi connectivity index (χ4n) is 1.59. The minimum atomic E-state index is -4.68. The molecule has 0 atom stereocenters. The molecule has 0 saturated heterocycles. The average molecular weight is 368 g/mol. The quantitative estimate of drug-likeness (QED) is 0.753. The Balaban J connectivity index is 2.61. The van der Waals surface area contributed by atoms with E-state index in [1.54, 1.807) is 12.1 Å². The zero-order valence-corrected chi connectivity index (χ0v) is 14.2. The fourth-order valence-corrected chi connectivity index (χ4v) is 2.10. The van der Waals surface area contributed by atoms with Gasteiger partial charge >= 0.3 is 6.36 Å². The number of rotatable bonds is 6. The van der Waals surface area contributed by atoms with E-state index in [-0.39, 0.29) is 11.2 Å². The first-order valence-corrected chi connectivity index (χ1v) is 7.55. The molecule has 0 unspecified atom stereocenters. The fraction of sp³-hybridized carbons (Fsp3) is 0.600. The summed E-state index contributed by atoms with van der Waals surface area (Å²) in [6.45, 7) is 10.1. The van der Waals surface area contributed by atoms with E-state index in [1.807, 2.05) is 0 Å². The second-order valence-corrected chi connectivity index (χ2v) is 6.91. The molecule has 0 aliphatic heterocycles. The first-order valence-electron chi connectivity index (χ1n) is 6.76. The van der Waals surface area contributed by atoms with Crippen LogP contribution in [-0.4, -0.2) is 12.9 Å². The minimum Gasteiger partial charge on any atom is -0.405 e. The van der Waals surface area contributed by atoms with Gasteiger partial charge in [-0.2, -0.15) is 0 Å². The number of nitrogens with one attached hydrogen (secondary N) is 1. The monoisotopic (exact) mass is 367 g/mol. The van der Waals surface area contributed by atoms with E-state index in [9.17, 15) is 13.2 Å². The Morgan fingerprint density at radius 1 is 1.24 bits per heavy atom. The number of halogens is 4. The Bertz CT molecular complexity index is 472. The summed E-state index contributed by atoms with van der Waals surface area (Å²) in [5.41, 5.74) is 1.06. The molecule has 21 heavy (non-hydrogen) atoms. The van der Waals surface area contributed by atoms with Crippen molar-refractivity contribution in [3.63, 3.8) is 0 Å². The van der Waals surface area contributed by atoms with Crippen LogP contribution in [0.15, 0.2) is 22.7 Å². The van der Waals surface area contributed by atoms with Gasteiger partial charge in [-0.3, -0.25) is 0 Å². The molecule has 0 radical (unpaired) electrons. The average Bonchev–Trinajstić information content (AvgIpc) is 2.30. The van der Waals surface area contributed by atoms with Gasteiger partial charge in [-0.1, -0.05) is 33.8 Å². The third-order valence-corrected chi connectivity index (χ3v) is 4.31. The van der Waals surface area contributed by atoms with Crippen molar-refractivity contribution in [1.29, 1.82) is 0 Å². The van der Waals surface area contributed by atoms with E-state index < -0.39 is 6.36 Å². The molecule has 0 aliphatic rings. The number of hydrogen-bond acceptors (Lipinski definition) is 2. The van der Waals surface area contributed by atoms with Crippen molar-refractivity contribution < 1.29 is 17.9 Å². The highest BCUT2D eigenvalue weighted by molar-refractivity contribution is 9.10. The lowest BCUT2D eigenvalue weighted by Crippen LogP contribution is -2.33. The van der Waals surface area contributed by atoms with Gasteiger partial charge in [0.25, 0.3) is 0 Å². The summed E-state index contributed by atoms with van der Waals surface area (Å²) >= 11 is 3.10. The van der Waals surface area contributed by atoms with E-state index in [4.69, 9.17) is 0 Å². The number of ether oxygens (including phenoxy) is 1. The molecule has 1 aromatic rings. The van der Waals surface area contributed by atoms with E-state index >= 15 is 0 Å². The molecular formula is C15H21BrF3NO. The van der Waals surface area contributed by atoms with Crippen LogP contribution in [0.3, 0.4) is 0 Å². The third-order valence-electron chi connectivity index (χ3n) is 3.69. The standard InChI is InChI=1S/C15H21BrF3NO/c1-10(2)14(3,4)9-20-8-11-5-6-13(12(16)7-11)21-15(17,18)19/h5-7,10,20H,8-9H2,1-4H3. The number of hydrogen-bond donors (Lipinski definition) is 1. The van der Waals surface area contributed by atoms with Crippen molar-refractivity contribution in [2.24, 2.45) is 11.3 Å². The highest BCUT2D eigenvalue weighted by Crippen LogP contribution is 2.31. The van der Waals surface area contributed by atoms with Gasteiger partial charge < -0.3 is 10.1 Å². The SMILES string of the molecule is CC(C)C(C)(C)CNCc1ccc(OC(F)(F)F)c(Br)c1. The molecule has 1 aromatic carbocycles. The molecule has 0 spiro atoms. The molecule has 0 fully saturated rings. The van der Waals surface area contributed by atoms with Gasteiger partial charge in [-0.15, -0.1) is 13.2 Å².